The van der Waals surface area contributed by atoms with Crippen LogP contribution >= 0.6 is 0 Å². The van der Waals surface area contributed by atoms with Gasteiger partial charge in [0.05, 0.1) is 37.0 Å². The van der Waals surface area contributed by atoms with E-state index in [1.54, 1.807) is 0 Å². The van der Waals surface area contributed by atoms with Crippen LogP contribution in [0.2, 0.25) is 0 Å². The highest BCUT2D eigenvalue weighted by Crippen LogP contribution is 2.48. The third kappa shape index (κ3) is 5.10. The Morgan fingerprint density at radius 3 is 2.00 bits per heavy atom. The van der Waals surface area contributed by atoms with Crippen LogP contribution in [-0.4, -0.2) is 84.3 Å². The summed E-state index contributed by atoms with van der Waals surface area (Å²) < 4.78 is 38.1. The minimum atomic E-state index is -1.22. The number of hydrogen-bond donors (Lipinski definition) is 1. The zero-order chi connectivity index (χ0) is 27.7. The first-order valence-electron chi connectivity index (χ1n) is 14.3. The number of fused-ring (bicyclic) bond motifs is 2. The van der Waals surface area contributed by atoms with Crippen molar-refractivity contribution in [2.24, 2.45) is 15.3 Å². The van der Waals surface area contributed by atoms with Gasteiger partial charge >= 0.3 is 0 Å². The molecule has 0 bridgehead atoms. The van der Waals surface area contributed by atoms with E-state index in [1.165, 1.54) is 0 Å². The fourth-order valence-corrected chi connectivity index (χ4v) is 7.30. The van der Waals surface area contributed by atoms with Crippen LogP contribution in [0.1, 0.15) is 70.6 Å². The van der Waals surface area contributed by atoms with Gasteiger partial charge in [-0.3, -0.25) is 0 Å². The molecule has 0 radical (unpaired) electrons. The molecule has 6 rings (SSSR count). The van der Waals surface area contributed by atoms with Crippen LogP contribution in [-0.2, 0) is 28.4 Å². The Morgan fingerprint density at radius 1 is 0.725 bits per heavy atom. The first-order valence-corrected chi connectivity index (χ1v) is 14.3. The van der Waals surface area contributed by atoms with E-state index in [9.17, 15) is 21.7 Å². The first-order chi connectivity index (χ1) is 19.5. The maximum atomic E-state index is 11.4. The van der Waals surface area contributed by atoms with E-state index in [1.807, 2.05) is 0 Å². The van der Waals surface area contributed by atoms with Crippen LogP contribution in [0, 0.1) is 0 Å². The lowest BCUT2D eigenvalue weighted by atomic mass is 9.84. The summed E-state index contributed by atoms with van der Waals surface area (Å²) in [5.41, 5.74) is 27.9. The van der Waals surface area contributed by atoms with Crippen molar-refractivity contribution in [1.82, 2.24) is 0 Å². The number of hydrogen-bond acceptors (Lipinski definition) is 10. The molecule has 2 spiro atoms. The maximum absolute atomic E-state index is 11.4. The quantitative estimate of drug-likeness (QED) is 0.288. The number of ether oxygens (including phenoxy) is 6. The molecule has 16 nitrogen and oxygen atoms in total. The summed E-state index contributed by atoms with van der Waals surface area (Å²) in [6.45, 7) is 0.183. The van der Waals surface area contributed by atoms with E-state index >= 15 is 0 Å². The maximum Gasteiger partial charge on any atom is 0.169 e. The second kappa shape index (κ2) is 11.5. The van der Waals surface area contributed by atoms with Gasteiger partial charge in [0.1, 0.15) is 24.4 Å². The van der Waals surface area contributed by atoms with Crippen molar-refractivity contribution in [3.8, 4) is 0 Å². The molecule has 3 heterocycles. The van der Waals surface area contributed by atoms with Gasteiger partial charge in [0.15, 0.2) is 17.9 Å². The van der Waals surface area contributed by atoms with E-state index in [2.05, 4.69) is 30.1 Å². The highest BCUT2D eigenvalue weighted by atomic mass is 16.8. The standard InChI is InChI=1S/C24H35N9O7/c25-31-28-13-11-14(29-32-26)19-21(40-24(38-19)9-5-2-6-10-24)18(13)37-22-16(30-33-27)17(34)20-15(36-22)12-35-23(39-20)7-3-1-4-8-23/h13-22,34H,1-12H2/t13?,14-,15?,16?,17?,18-,19?,20-,21?,22-/m1/s1. The molecule has 3 aliphatic heterocycles. The fraction of sp³-hybridized carbons (Fsp3) is 1.00. The molecule has 0 aromatic carbocycles. The van der Waals surface area contributed by atoms with Gasteiger partial charge in [-0.05, 0) is 48.7 Å². The summed E-state index contributed by atoms with van der Waals surface area (Å²) in [6, 6.07) is -2.57. The summed E-state index contributed by atoms with van der Waals surface area (Å²) in [7, 11) is 0. The van der Waals surface area contributed by atoms with Crippen molar-refractivity contribution < 1.29 is 33.5 Å². The van der Waals surface area contributed by atoms with Crippen LogP contribution in [0.25, 0.3) is 31.3 Å². The van der Waals surface area contributed by atoms with E-state index in [0.717, 1.165) is 51.4 Å². The molecule has 10 atom stereocenters. The Bertz CT molecular complexity index is 1080. The Labute approximate surface area is 230 Å². The molecule has 3 saturated heterocycles. The SMILES string of the molecule is [N-]=[N+]=NC1C(O)[C@@H]2OC3(CCCCC3)OCC2O[C@@H]1O[C@@H]1C(N=[N+]=[N-])C[C@@H](N=[N+]=[N-])C2OC3(CCCCC3)OC21. The van der Waals surface area contributed by atoms with Gasteiger partial charge in [-0.2, -0.15) is 0 Å². The molecule has 0 amide bonds. The second-order valence-corrected chi connectivity index (χ2v) is 11.6. The summed E-state index contributed by atoms with van der Waals surface area (Å²) in [5.74, 6) is -1.62. The number of azide groups is 3. The van der Waals surface area contributed by atoms with E-state index in [4.69, 9.17) is 28.4 Å². The summed E-state index contributed by atoms with van der Waals surface area (Å²) in [4.78, 5) is 8.94. The monoisotopic (exact) mass is 561 g/mol. The summed E-state index contributed by atoms with van der Waals surface area (Å²) in [6.07, 6.45) is 2.82. The molecule has 218 valence electrons. The molecule has 3 saturated carbocycles. The van der Waals surface area contributed by atoms with Gasteiger partial charge in [-0.25, -0.2) is 0 Å². The predicted molar refractivity (Wildman–Crippen MR) is 135 cm³/mol. The zero-order valence-corrected chi connectivity index (χ0v) is 22.2. The molecular weight excluding hydrogens is 526 g/mol. The second-order valence-electron chi connectivity index (χ2n) is 11.6. The van der Waals surface area contributed by atoms with Crippen molar-refractivity contribution in [3.05, 3.63) is 31.3 Å². The predicted octanol–water partition coefficient (Wildman–Crippen LogP) is 4.42. The van der Waals surface area contributed by atoms with Crippen LogP contribution < -0.4 is 0 Å². The lowest BCUT2D eigenvalue weighted by Gasteiger charge is -2.52. The molecule has 6 fully saturated rings. The van der Waals surface area contributed by atoms with Gasteiger partial charge in [-0.1, -0.05) is 28.2 Å². The van der Waals surface area contributed by atoms with Crippen LogP contribution in [0.15, 0.2) is 15.3 Å². The first kappa shape index (κ1) is 27.8. The van der Waals surface area contributed by atoms with Crippen molar-refractivity contribution in [1.29, 1.82) is 0 Å². The number of rotatable bonds is 5. The molecule has 40 heavy (non-hydrogen) atoms. The summed E-state index contributed by atoms with van der Waals surface area (Å²) in [5, 5.41) is 23.1. The Hall–Kier alpha value is -2.35. The van der Waals surface area contributed by atoms with Gasteiger partial charge in [0.25, 0.3) is 0 Å². The van der Waals surface area contributed by atoms with Crippen molar-refractivity contribution in [3.63, 3.8) is 0 Å². The average molecular weight is 562 g/mol. The topological polar surface area (TPSA) is 222 Å². The normalized spacial score (nSPS) is 43.4. The largest absolute Gasteiger partial charge is 0.390 e. The van der Waals surface area contributed by atoms with Crippen LogP contribution in [0.3, 0.4) is 0 Å². The minimum Gasteiger partial charge on any atom is -0.390 e. The van der Waals surface area contributed by atoms with Crippen molar-refractivity contribution >= 4 is 0 Å². The van der Waals surface area contributed by atoms with Gasteiger partial charge in [0, 0.05) is 40.4 Å². The van der Waals surface area contributed by atoms with Gasteiger partial charge in [0.2, 0.25) is 0 Å². The molecule has 0 aromatic rings. The summed E-state index contributed by atoms with van der Waals surface area (Å²) >= 11 is 0. The number of aliphatic hydroxyl groups is 1. The minimum absolute atomic E-state index is 0.168. The molecule has 0 aromatic heterocycles. The number of aliphatic hydroxyl groups excluding tert-OH is 1. The van der Waals surface area contributed by atoms with E-state index < -0.39 is 72.6 Å². The molecule has 1 N–H and O–H groups in total. The molecule has 6 aliphatic rings. The highest BCUT2D eigenvalue weighted by molar-refractivity contribution is 5.08. The lowest BCUT2D eigenvalue weighted by molar-refractivity contribution is -0.387. The van der Waals surface area contributed by atoms with Crippen LogP contribution in [0.4, 0.5) is 0 Å². The Balaban J connectivity index is 1.27. The average Bonchev–Trinajstić information content (AvgIpc) is 3.33. The molecule has 6 unspecified atom stereocenters. The third-order valence-electron chi connectivity index (χ3n) is 9.20. The Morgan fingerprint density at radius 2 is 1.32 bits per heavy atom. The fourth-order valence-electron chi connectivity index (χ4n) is 7.30. The smallest absolute Gasteiger partial charge is 0.169 e. The van der Waals surface area contributed by atoms with Gasteiger partial charge in [-0.15, -0.1) is 0 Å². The van der Waals surface area contributed by atoms with Gasteiger partial charge < -0.3 is 33.5 Å². The highest BCUT2D eigenvalue weighted by Gasteiger charge is 2.60. The molecule has 3 aliphatic carbocycles. The molecule has 16 heteroatoms. The van der Waals surface area contributed by atoms with E-state index in [-0.39, 0.29) is 13.0 Å². The third-order valence-corrected chi connectivity index (χ3v) is 9.20. The Kier molecular flexibility index (Phi) is 7.99. The van der Waals surface area contributed by atoms with Crippen LogP contribution in [0.5, 0.6) is 0 Å². The van der Waals surface area contributed by atoms with E-state index in [0.29, 0.717) is 12.8 Å². The lowest BCUT2D eigenvalue weighted by Crippen LogP contribution is -2.66. The molecular formula is C24H35N9O7. The zero-order valence-electron chi connectivity index (χ0n) is 22.2. The van der Waals surface area contributed by atoms with Crippen molar-refractivity contribution in [2.45, 2.75) is 143 Å². The van der Waals surface area contributed by atoms with Crippen molar-refractivity contribution in [2.75, 3.05) is 6.61 Å². The number of nitrogens with zero attached hydrogens (tertiary/aromatic N) is 9.